The molecule has 67 heavy (non-hydrogen) atoms. The number of carbonyl (C=O) groups excluding carboxylic acids is 2. The van der Waals surface area contributed by atoms with Crippen molar-refractivity contribution in [1.82, 2.24) is 34.7 Å². The molecule has 0 bridgehead atoms. The fourth-order valence-electron chi connectivity index (χ4n) is 9.80. The Morgan fingerprint density at radius 1 is 0.701 bits per heavy atom. The van der Waals surface area contributed by atoms with Gasteiger partial charge in [-0.05, 0) is 154 Å². The quantitative estimate of drug-likeness (QED) is 0.0548. The first-order chi connectivity index (χ1) is 32.0. The number of Topliss-reactive ketones (excluding diaryl/α,β-unsaturated/α-hetero) is 1. The van der Waals surface area contributed by atoms with E-state index >= 15 is 0 Å². The van der Waals surface area contributed by atoms with Crippen LogP contribution in [0.3, 0.4) is 0 Å². The van der Waals surface area contributed by atoms with Crippen molar-refractivity contribution < 1.29 is 19.1 Å². The van der Waals surface area contributed by atoms with Gasteiger partial charge in [0.15, 0.2) is 5.78 Å². The number of ether oxygens (including phenoxy) is 2. The Morgan fingerprint density at radius 3 is 1.72 bits per heavy atom. The van der Waals surface area contributed by atoms with Gasteiger partial charge in [0.1, 0.15) is 19.2 Å². The highest BCUT2D eigenvalue weighted by Crippen LogP contribution is 2.53. The Labute approximate surface area is 410 Å². The molecule has 0 radical (unpaired) electrons. The standard InChI is InChI=1S/C38H53N5O3Si.C15H25BrN2OSi/c1-24(2)43-31(18-19-39-43)38(45)40-36(33(26-10-11-26)27-12-13-27)32(44)22-25-6-8-28(9-7-25)34-35(29-14-15-29)41-42(37(34)30-16-17-30)23-46-20-21-47(3,4)5;1-20(2,3)9-8-19-10-18-15(12-6-7-12)13(16)14(17-18)11-4-5-11/h6-9,18-19,24,26-27,29-30,33,36H,10-17,20-23H2,1-5H3,(H,40,45);11-12H,4-10H2,1-3H3. The third-order valence-electron chi connectivity index (χ3n) is 14.6. The van der Waals surface area contributed by atoms with Crippen LogP contribution in [0, 0.1) is 17.8 Å². The zero-order valence-electron chi connectivity index (χ0n) is 41.8. The predicted molar refractivity (Wildman–Crippen MR) is 275 cm³/mol. The summed E-state index contributed by atoms with van der Waals surface area (Å²) in [5.41, 5.74) is 9.25. The number of ketones is 1. The van der Waals surface area contributed by atoms with Gasteiger partial charge < -0.3 is 14.8 Å². The lowest BCUT2D eigenvalue weighted by molar-refractivity contribution is -0.122. The first kappa shape index (κ1) is 48.8. The lowest BCUT2D eigenvalue weighted by Crippen LogP contribution is -2.48. The van der Waals surface area contributed by atoms with E-state index in [1.165, 1.54) is 95.8 Å². The van der Waals surface area contributed by atoms with E-state index in [1.54, 1.807) is 16.9 Å². The number of rotatable bonds is 24. The molecule has 6 aliphatic rings. The number of aromatic nitrogens is 6. The van der Waals surface area contributed by atoms with Gasteiger partial charge in [-0.25, -0.2) is 9.36 Å². The maximum Gasteiger partial charge on any atom is 0.270 e. The van der Waals surface area contributed by atoms with Gasteiger partial charge in [-0.15, -0.1) is 0 Å². The molecule has 0 aliphatic heterocycles. The monoisotopic (exact) mass is 1010 g/mol. The summed E-state index contributed by atoms with van der Waals surface area (Å²) in [6.07, 6.45) is 16.6. The molecule has 1 aromatic carbocycles. The normalized spacial score (nSPS) is 19.2. The summed E-state index contributed by atoms with van der Waals surface area (Å²) in [6, 6.07) is 12.4. The first-order valence-corrected chi connectivity index (χ1v) is 34.2. The zero-order valence-corrected chi connectivity index (χ0v) is 45.4. The van der Waals surface area contributed by atoms with Crippen molar-refractivity contribution in [3.63, 3.8) is 0 Å². The van der Waals surface area contributed by atoms with Gasteiger partial charge in [0, 0.05) is 77.3 Å². The summed E-state index contributed by atoms with van der Waals surface area (Å²) < 4.78 is 19.4. The summed E-state index contributed by atoms with van der Waals surface area (Å²) in [6.45, 7) is 21.2. The number of benzene rings is 1. The highest BCUT2D eigenvalue weighted by Gasteiger charge is 2.48. The van der Waals surface area contributed by atoms with E-state index in [1.807, 2.05) is 13.8 Å². The second-order valence-corrected chi connectivity index (χ2v) is 35.9. The molecule has 6 fully saturated rings. The largest absolute Gasteiger partial charge is 0.360 e. The lowest BCUT2D eigenvalue weighted by Gasteiger charge is -2.27. The van der Waals surface area contributed by atoms with E-state index in [4.69, 9.17) is 19.7 Å². The van der Waals surface area contributed by atoms with Gasteiger partial charge in [-0.2, -0.15) is 15.3 Å². The lowest BCUT2D eigenvalue weighted by atomic mass is 9.84. The molecule has 1 atom stereocenters. The van der Waals surface area contributed by atoms with E-state index < -0.39 is 22.2 Å². The fraction of sp³-hybridized carbons (Fsp3) is 0.679. The predicted octanol–water partition coefficient (Wildman–Crippen LogP) is 12.5. The van der Waals surface area contributed by atoms with E-state index in [0.717, 1.165) is 50.5 Å². The van der Waals surface area contributed by atoms with Crippen LogP contribution in [0.2, 0.25) is 51.4 Å². The molecule has 11 nitrogen and oxygen atoms in total. The number of nitrogens with zero attached hydrogens (tertiary/aromatic N) is 6. The Balaban J connectivity index is 0.000000234. The van der Waals surface area contributed by atoms with Crippen molar-refractivity contribution in [3.05, 3.63) is 75.0 Å². The van der Waals surface area contributed by atoms with E-state index in [0.29, 0.717) is 61.1 Å². The van der Waals surface area contributed by atoms with Crippen LogP contribution in [0.15, 0.2) is 41.0 Å². The highest BCUT2D eigenvalue weighted by atomic mass is 79.9. The van der Waals surface area contributed by atoms with Crippen molar-refractivity contribution in [3.8, 4) is 11.1 Å². The van der Waals surface area contributed by atoms with Crippen LogP contribution >= 0.6 is 15.9 Å². The minimum Gasteiger partial charge on any atom is -0.360 e. The molecule has 3 aromatic heterocycles. The van der Waals surface area contributed by atoms with Gasteiger partial charge in [0.2, 0.25) is 0 Å². The molecule has 1 N–H and O–H groups in total. The van der Waals surface area contributed by atoms with Crippen molar-refractivity contribution in [2.45, 2.75) is 198 Å². The minimum absolute atomic E-state index is 0.0662. The number of nitrogens with one attached hydrogen (secondary N) is 1. The van der Waals surface area contributed by atoms with Crippen LogP contribution in [-0.4, -0.2) is 76.4 Å². The topological polar surface area (TPSA) is 118 Å². The van der Waals surface area contributed by atoms with E-state index in [9.17, 15) is 9.59 Å². The Hall–Kier alpha value is -3.18. The fourth-order valence-corrected chi connectivity index (χ4v) is 12.2. The zero-order chi connectivity index (χ0) is 47.2. The Kier molecular flexibility index (Phi) is 14.8. The summed E-state index contributed by atoms with van der Waals surface area (Å²) >= 11 is 3.79. The van der Waals surface area contributed by atoms with Crippen molar-refractivity contribution in [2.24, 2.45) is 17.8 Å². The molecule has 4 aromatic rings. The number of carbonyl (C=O) groups is 2. The molecule has 6 saturated carbocycles. The molecule has 1 amide bonds. The van der Waals surface area contributed by atoms with Gasteiger partial charge in [0.05, 0.1) is 33.3 Å². The first-order valence-electron chi connectivity index (χ1n) is 26.0. The number of hydrogen-bond donors (Lipinski definition) is 1. The van der Waals surface area contributed by atoms with Gasteiger partial charge in [-0.1, -0.05) is 63.5 Å². The molecule has 0 spiro atoms. The summed E-state index contributed by atoms with van der Waals surface area (Å²) in [5.74, 6) is 3.70. The van der Waals surface area contributed by atoms with Crippen LogP contribution in [0.4, 0.5) is 0 Å². The van der Waals surface area contributed by atoms with Gasteiger partial charge in [-0.3, -0.25) is 14.3 Å². The highest BCUT2D eigenvalue weighted by molar-refractivity contribution is 9.10. The van der Waals surface area contributed by atoms with Crippen LogP contribution in [0.5, 0.6) is 0 Å². The van der Waals surface area contributed by atoms with Gasteiger partial charge >= 0.3 is 0 Å². The third kappa shape index (κ3) is 12.8. The SMILES string of the molecule is CC(C)n1nccc1C(=O)NC(C(=O)Cc1ccc(-c2c(C3CC3)nn(COCC[Si](C)(C)C)c2C2CC2)cc1)C(C1CC1)C1CC1.C[Si](C)(C)CCOCn1nc(C2CC2)c(Br)c1C1CC1. The molecule has 3 heterocycles. The number of amides is 1. The second-order valence-electron chi connectivity index (χ2n) is 23.8. The van der Waals surface area contributed by atoms with E-state index in [2.05, 4.69) is 99.3 Å². The van der Waals surface area contributed by atoms with Crippen LogP contribution in [0.25, 0.3) is 11.1 Å². The van der Waals surface area contributed by atoms with E-state index in [-0.39, 0.29) is 23.7 Å². The molecule has 10 rings (SSSR count). The number of hydrogen-bond acceptors (Lipinski definition) is 7. The smallest absolute Gasteiger partial charge is 0.270 e. The van der Waals surface area contributed by atoms with Crippen molar-refractivity contribution in [1.29, 1.82) is 0 Å². The van der Waals surface area contributed by atoms with Crippen molar-refractivity contribution in [2.75, 3.05) is 13.2 Å². The van der Waals surface area contributed by atoms with Crippen LogP contribution in [-0.2, 0) is 34.2 Å². The maximum absolute atomic E-state index is 14.1. The third-order valence-corrected chi connectivity index (χ3v) is 18.8. The summed E-state index contributed by atoms with van der Waals surface area (Å²) in [5, 5.41) is 17.6. The average Bonchev–Trinajstić information content (AvgIpc) is 4.05. The second kappa shape index (κ2) is 20.3. The molecular formula is C53H78BrN7O4Si2. The Morgan fingerprint density at radius 2 is 1.21 bits per heavy atom. The van der Waals surface area contributed by atoms with Crippen LogP contribution < -0.4 is 5.32 Å². The molecular weight excluding hydrogens is 935 g/mol. The minimum atomic E-state index is -1.15. The molecule has 364 valence electrons. The molecule has 14 heteroatoms. The number of halogens is 1. The maximum atomic E-state index is 14.1. The van der Waals surface area contributed by atoms with Gasteiger partial charge in [0.25, 0.3) is 5.91 Å². The molecule has 6 aliphatic carbocycles. The van der Waals surface area contributed by atoms with Crippen LogP contribution in [0.1, 0.15) is 159 Å². The average molecular weight is 1010 g/mol. The molecule has 0 saturated heterocycles. The molecule has 1 unspecified atom stereocenters. The van der Waals surface area contributed by atoms with Crippen molar-refractivity contribution >= 4 is 43.8 Å². The summed E-state index contributed by atoms with van der Waals surface area (Å²) in [7, 11) is -2.15. The summed E-state index contributed by atoms with van der Waals surface area (Å²) in [4.78, 5) is 27.7. The Bertz CT molecular complexity index is 2340.